The van der Waals surface area contributed by atoms with Crippen LogP contribution in [0.5, 0.6) is 23.0 Å². The molecule has 0 spiro atoms. The number of benzene rings is 3. The Balaban J connectivity index is 1.52. The van der Waals surface area contributed by atoms with E-state index in [-0.39, 0.29) is 18.4 Å². The lowest BCUT2D eigenvalue weighted by Crippen LogP contribution is -2.47. The normalized spacial score (nSPS) is 13.4. The van der Waals surface area contributed by atoms with Crippen molar-refractivity contribution in [2.45, 2.75) is 13.0 Å². The zero-order valence-electron chi connectivity index (χ0n) is 18.6. The predicted molar refractivity (Wildman–Crippen MR) is 127 cm³/mol. The molecule has 0 bridgehead atoms. The van der Waals surface area contributed by atoms with Crippen LogP contribution in [-0.2, 0) is 9.59 Å². The minimum Gasteiger partial charge on any atom is -0.497 e. The zero-order chi connectivity index (χ0) is 23.4. The summed E-state index contributed by atoms with van der Waals surface area (Å²) in [5, 5.41) is 5.99. The number of carbonyl (C=O) groups excluding carboxylic acids is 2. The molecule has 4 rings (SSSR count). The summed E-state index contributed by atoms with van der Waals surface area (Å²) in [6.07, 6.45) is 0. The average molecular weight is 447 g/mol. The third kappa shape index (κ3) is 4.85. The summed E-state index contributed by atoms with van der Waals surface area (Å²) in [5.41, 5.74) is 1.97. The molecule has 33 heavy (non-hydrogen) atoms. The Morgan fingerprint density at radius 3 is 2.42 bits per heavy atom. The highest BCUT2D eigenvalue weighted by Crippen LogP contribution is 2.35. The second kappa shape index (κ2) is 9.52. The van der Waals surface area contributed by atoms with E-state index in [9.17, 15) is 9.59 Å². The molecule has 0 aromatic heterocycles. The zero-order valence-corrected chi connectivity index (χ0v) is 18.6. The van der Waals surface area contributed by atoms with Gasteiger partial charge in [0.1, 0.15) is 24.1 Å². The summed E-state index contributed by atoms with van der Waals surface area (Å²) < 4.78 is 16.6. The third-order valence-electron chi connectivity index (χ3n) is 5.24. The van der Waals surface area contributed by atoms with E-state index in [1.807, 2.05) is 18.2 Å². The number of hydrogen-bond acceptors (Lipinski definition) is 6. The van der Waals surface area contributed by atoms with E-state index in [1.54, 1.807) is 69.7 Å². The van der Waals surface area contributed by atoms with Crippen LogP contribution in [0.2, 0.25) is 0 Å². The van der Waals surface area contributed by atoms with Gasteiger partial charge in [-0.15, -0.1) is 0 Å². The standard InChI is InChI=1S/C25H25N3O5/c1-16(25(30)28-15-24(29)27-20-6-4-5-7-21(20)28)26-17-8-13-22(32-3)23(14-17)33-19-11-9-18(31-2)10-12-19/h4-14,16,26H,15H2,1-3H3,(H,27,29)/t16-/m1/s1. The van der Waals surface area contributed by atoms with E-state index < -0.39 is 6.04 Å². The molecule has 2 amide bonds. The molecule has 0 unspecified atom stereocenters. The Labute approximate surface area is 192 Å². The van der Waals surface area contributed by atoms with E-state index >= 15 is 0 Å². The molecule has 0 saturated carbocycles. The predicted octanol–water partition coefficient (Wildman–Crippen LogP) is 4.28. The minimum absolute atomic E-state index is 0.0314. The van der Waals surface area contributed by atoms with Crippen LogP contribution in [0, 0.1) is 0 Å². The Bertz CT molecular complexity index is 1160. The average Bonchev–Trinajstić information content (AvgIpc) is 2.83. The molecule has 170 valence electrons. The third-order valence-corrected chi connectivity index (χ3v) is 5.24. The van der Waals surface area contributed by atoms with Crippen LogP contribution in [0.4, 0.5) is 17.1 Å². The Morgan fingerprint density at radius 2 is 1.70 bits per heavy atom. The number of anilines is 3. The molecule has 1 aliphatic rings. The van der Waals surface area contributed by atoms with Gasteiger partial charge < -0.3 is 24.8 Å². The van der Waals surface area contributed by atoms with Crippen molar-refractivity contribution in [3.05, 3.63) is 66.7 Å². The topological polar surface area (TPSA) is 89.1 Å². The summed E-state index contributed by atoms with van der Waals surface area (Å²) in [6.45, 7) is 1.72. The molecule has 3 aromatic carbocycles. The van der Waals surface area contributed by atoms with E-state index in [1.165, 1.54) is 4.90 Å². The van der Waals surface area contributed by atoms with Gasteiger partial charge in [-0.05, 0) is 55.5 Å². The number of amides is 2. The number of carbonyl (C=O) groups is 2. The van der Waals surface area contributed by atoms with Gasteiger partial charge in [0.2, 0.25) is 11.8 Å². The van der Waals surface area contributed by atoms with Crippen LogP contribution < -0.4 is 29.7 Å². The van der Waals surface area contributed by atoms with Gasteiger partial charge in [-0.1, -0.05) is 12.1 Å². The van der Waals surface area contributed by atoms with Crippen LogP contribution in [0.25, 0.3) is 0 Å². The Morgan fingerprint density at radius 1 is 0.970 bits per heavy atom. The molecule has 0 saturated heterocycles. The van der Waals surface area contributed by atoms with Crippen molar-refractivity contribution >= 4 is 28.9 Å². The lowest BCUT2D eigenvalue weighted by molar-refractivity contribution is -0.122. The fraction of sp³-hybridized carbons (Fsp3) is 0.200. The van der Waals surface area contributed by atoms with Gasteiger partial charge in [-0.25, -0.2) is 0 Å². The summed E-state index contributed by atoms with van der Waals surface area (Å²) in [6, 6.07) is 19.2. The summed E-state index contributed by atoms with van der Waals surface area (Å²) in [7, 11) is 3.17. The highest BCUT2D eigenvalue weighted by molar-refractivity contribution is 6.11. The highest BCUT2D eigenvalue weighted by atomic mass is 16.5. The lowest BCUT2D eigenvalue weighted by Gasteiger charge is -2.31. The molecular formula is C25H25N3O5. The number of hydrogen-bond donors (Lipinski definition) is 2. The summed E-state index contributed by atoms with van der Waals surface area (Å²) >= 11 is 0. The first-order chi connectivity index (χ1) is 16.0. The largest absolute Gasteiger partial charge is 0.497 e. The molecule has 8 nitrogen and oxygen atoms in total. The quantitative estimate of drug-likeness (QED) is 0.562. The van der Waals surface area contributed by atoms with Crippen molar-refractivity contribution in [3.63, 3.8) is 0 Å². The number of rotatable bonds is 7. The van der Waals surface area contributed by atoms with E-state index in [4.69, 9.17) is 14.2 Å². The van der Waals surface area contributed by atoms with Crippen molar-refractivity contribution in [2.24, 2.45) is 0 Å². The smallest absolute Gasteiger partial charge is 0.249 e. The molecule has 0 radical (unpaired) electrons. The maximum atomic E-state index is 13.2. The number of methoxy groups -OCH3 is 2. The molecular weight excluding hydrogens is 422 g/mol. The van der Waals surface area contributed by atoms with Crippen molar-refractivity contribution in [1.82, 2.24) is 0 Å². The van der Waals surface area contributed by atoms with Crippen LogP contribution in [-0.4, -0.2) is 38.6 Å². The van der Waals surface area contributed by atoms with Crippen molar-refractivity contribution in [1.29, 1.82) is 0 Å². The van der Waals surface area contributed by atoms with Gasteiger partial charge in [-0.2, -0.15) is 0 Å². The fourth-order valence-corrected chi connectivity index (χ4v) is 3.59. The maximum Gasteiger partial charge on any atom is 0.249 e. The van der Waals surface area contributed by atoms with Gasteiger partial charge in [0.05, 0.1) is 25.6 Å². The molecule has 3 aromatic rings. The molecule has 8 heteroatoms. The van der Waals surface area contributed by atoms with Crippen molar-refractivity contribution in [2.75, 3.05) is 36.3 Å². The van der Waals surface area contributed by atoms with Gasteiger partial charge in [0.15, 0.2) is 11.5 Å². The number of fused-ring (bicyclic) bond motifs is 1. The summed E-state index contributed by atoms with van der Waals surface area (Å²) in [4.78, 5) is 26.8. The Kier molecular flexibility index (Phi) is 6.35. The van der Waals surface area contributed by atoms with Gasteiger partial charge >= 0.3 is 0 Å². The van der Waals surface area contributed by atoms with E-state index in [2.05, 4.69) is 10.6 Å². The SMILES string of the molecule is COc1ccc(Oc2cc(N[C@H](C)C(=O)N3CC(=O)Nc4ccccc43)ccc2OC)cc1. The highest BCUT2D eigenvalue weighted by Gasteiger charge is 2.29. The molecule has 1 atom stereocenters. The van der Waals surface area contributed by atoms with E-state index in [0.717, 1.165) is 5.75 Å². The minimum atomic E-state index is -0.591. The number of ether oxygens (including phenoxy) is 3. The van der Waals surface area contributed by atoms with Crippen molar-refractivity contribution in [3.8, 4) is 23.0 Å². The van der Waals surface area contributed by atoms with Gasteiger partial charge in [-0.3, -0.25) is 14.5 Å². The van der Waals surface area contributed by atoms with Gasteiger partial charge in [0.25, 0.3) is 0 Å². The van der Waals surface area contributed by atoms with Crippen molar-refractivity contribution < 1.29 is 23.8 Å². The van der Waals surface area contributed by atoms with Crippen LogP contribution >= 0.6 is 0 Å². The first kappa shape index (κ1) is 22.0. The van der Waals surface area contributed by atoms with E-state index in [0.29, 0.717) is 34.3 Å². The molecule has 0 fully saturated rings. The first-order valence-corrected chi connectivity index (χ1v) is 10.4. The monoisotopic (exact) mass is 447 g/mol. The van der Waals surface area contributed by atoms with Crippen LogP contribution in [0.15, 0.2) is 66.7 Å². The lowest BCUT2D eigenvalue weighted by atomic mass is 10.1. The summed E-state index contributed by atoms with van der Waals surface area (Å²) in [5.74, 6) is 1.95. The Hall–Kier alpha value is -4.20. The number of para-hydroxylation sites is 2. The molecule has 1 aliphatic heterocycles. The second-order valence-electron chi connectivity index (χ2n) is 7.50. The maximum absolute atomic E-state index is 13.2. The van der Waals surface area contributed by atoms with Crippen LogP contribution in [0.3, 0.4) is 0 Å². The second-order valence-corrected chi connectivity index (χ2v) is 7.50. The molecule has 1 heterocycles. The number of nitrogens with zero attached hydrogens (tertiary/aromatic N) is 1. The molecule has 0 aliphatic carbocycles. The van der Waals surface area contributed by atoms with Gasteiger partial charge in [0, 0.05) is 11.8 Å². The fourth-order valence-electron chi connectivity index (χ4n) is 3.59. The van der Waals surface area contributed by atoms with Crippen LogP contribution in [0.1, 0.15) is 6.92 Å². The number of nitrogens with one attached hydrogen (secondary N) is 2. The first-order valence-electron chi connectivity index (χ1n) is 10.4. The molecule has 2 N–H and O–H groups in total.